The van der Waals surface area contributed by atoms with E-state index in [0.29, 0.717) is 22.0 Å². The van der Waals surface area contributed by atoms with E-state index in [4.69, 9.17) is 11.6 Å². The third kappa shape index (κ3) is 4.98. The highest BCUT2D eigenvalue weighted by Gasteiger charge is 2.28. The van der Waals surface area contributed by atoms with Gasteiger partial charge in [-0.05, 0) is 55.8 Å². The quantitative estimate of drug-likeness (QED) is 0.601. The highest BCUT2D eigenvalue weighted by Crippen LogP contribution is 2.30. The molecule has 0 bridgehead atoms. The molecule has 0 radical (unpaired) electrons. The first-order valence-corrected chi connectivity index (χ1v) is 11.1. The molecule has 1 heterocycles. The lowest BCUT2D eigenvalue weighted by molar-refractivity contribution is -0.119. The monoisotopic (exact) mass is 443 g/mol. The topological polar surface area (TPSA) is 79.4 Å². The molecule has 0 fully saturated rings. The molecule has 0 aliphatic carbocycles. The molecule has 0 saturated heterocycles. The molecular weight excluding hydrogens is 422 g/mol. The molecule has 3 aromatic rings. The molecule has 6 nitrogen and oxygen atoms in total. The van der Waals surface area contributed by atoms with Crippen LogP contribution in [0, 0.1) is 13.8 Å². The van der Waals surface area contributed by atoms with E-state index in [1.54, 1.807) is 55.6 Å². The highest BCUT2D eigenvalue weighted by molar-refractivity contribution is 7.92. The van der Waals surface area contributed by atoms with Crippen molar-refractivity contribution in [1.82, 2.24) is 10.3 Å². The number of rotatable bonds is 7. The van der Waals surface area contributed by atoms with Crippen molar-refractivity contribution in [2.24, 2.45) is 0 Å². The average Bonchev–Trinajstić information content (AvgIpc) is 2.74. The van der Waals surface area contributed by atoms with Gasteiger partial charge in [-0.15, -0.1) is 0 Å². The van der Waals surface area contributed by atoms with Gasteiger partial charge in [-0.25, -0.2) is 8.42 Å². The smallest absolute Gasteiger partial charge is 0.264 e. The van der Waals surface area contributed by atoms with E-state index in [0.717, 1.165) is 9.87 Å². The van der Waals surface area contributed by atoms with Crippen molar-refractivity contribution in [1.29, 1.82) is 0 Å². The van der Waals surface area contributed by atoms with Crippen LogP contribution in [0.15, 0.2) is 71.8 Å². The molecule has 0 spiro atoms. The molecule has 0 atom stereocenters. The van der Waals surface area contributed by atoms with Crippen molar-refractivity contribution < 1.29 is 13.2 Å². The number of hydrogen-bond acceptors (Lipinski definition) is 4. The molecule has 30 heavy (non-hydrogen) atoms. The molecule has 1 aromatic heterocycles. The first-order chi connectivity index (χ1) is 14.3. The second kappa shape index (κ2) is 9.28. The molecule has 0 unspecified atom stereocenters. The molecule has 156 valence electrons. The summed E-state index contributed by atoms with van der Waals surface area (Å²) in [7, 11) is -3.99. The zero-order chi connectivity index (χ0) is 21.7. The number of anilines is 1. The van der Waals surface area contributed by atoms with Gasteiger partial charge in [0.1, 0.15) is 6.54 Å². The van der Waals surface area contributed by atoms with Crippen molar-refractivity contribution in [2.75, 3.05) is 10.8 Å². The van der Waals surface area contributed by atoms with Crippen LogP contribution >= 0.6 is 11.6 Å². The van der Waals surface area contributed by atoms with Crippen molar-refractivity contribution in [3.05, 3.63) is 88.7 Å². The number of carbonyl (C=O) groups excluding carboxylic acids is 1. The van der Waals surface area contributed by atoms with Gasteiger partial charge in [0.05, 0.1) is 22.8 Å². The maximum atomic E-state index is 13.4. The number of nitrogens with one attached hydrogen (secondary N) is 1. The zero-order valence-corrected chi connectivity index (χ0v) is 18.2. The van der Waals surface area contributed by atoms with Gasteiger partial charge in [-0.2, -0.15) is 0 Å². The van der Waals surface area contributed by atoms with E-state index in [1.165, 1.54) is 12.1 Å². The van der Waals surface area contributed by atoms with Crippen LogP contribution in [0.25, 0.3) is 0 Å². The largest absolute Gasteiger partial charge is 0.349 e. The fourth-order valence-electron chi connectivity index (χ4n) is 2.88. The Bertz CT molecular complexity index is 1130. The predicted molar refractivity (Wildman–Crippen MR) is 118 cm³/mol. The minimum Gasteiger partial charge on any atom is -0.349 e. The molecule has 1 amide bonds. The average molecular weight is 444 g/mol. The first-order valence-electron chi connectivity index (χ1n) is 9.30. The van der Waals surface area contributed by atoms with Gasteiger partial charge in [0.25, 0.3) is 10.0 Å². The summed E-state index contributed by atoms with van der Waals surface area (Å²) in [6.45, 7) is 3.41. The summed E-state index contributed by atoms with van der Waals surface area (Å²) in [6, 6.07) is 16.9. The minimum absolute atomic E-state index is 0.102. The number of sulfonamides is 1. The number of benzene rings is 2. The Kier molecular flexibility index (Phi) is 6.74. The van der Waals surface area contributed by atoms with Crippen LogP contribution in [-0.2, 0) is 21.4 Å². The third-order valence-corrected chi connectivity index (χ3v) is 6.78. The summed E-state index contributed by atoms with van der Waals surface area (Å²) in [4.78, 5) is 16.9. The fourth-order valence-corrected chi connectivity index (χ4v) is 4.53. The number of nitrogens with zero attached hydrogens (tertiary/aromatic N) is 2. The SMILES string of the molecule is Cc1ccc(S(=O)(=O)N(CC(=O)NCc2ccccn2)c2cccc(Cl)c2C)cc1. The van der Waals surface area contributed by atoms with Crippen molar-refractivity contribution in [2.45, 2.75) is 25.3 Å². The van der Waals surface area contributed by atoms with E-state index < -0.39 is 15.9 Å². The summed E-state index contributed by atoms with van der Waals surface area (Å²) in [5, 5.41) is 3.15. The summed E-state index contributed by atoms with van der Waals surface area (Å²) < 4.78 is 27.9. The van der Waals surface area contributed by atoms with Crippen molar-refractivity contribution in [3.63, 3.8) is 0 Å². The first kappa shape index (κ1) is 21.8. The van der Waals surface area contributed by atoms with Gasteiger partial charge < -0.3 is 5.32 Å². The van der Waals surface area contributed by atoms with Gasteiger partial charge in [-0.1, -0.05) is 41.4 Å². The maximum absolute atomic E-state index is 13.4. The lowest BCUT2D eigenvalue weighted by atomic mass is 10.2. The third-order valence-electron chi connectivity index (χ3n) is 4.60. The molecular formula is C22H22ClN3O3S. The second-order valence-electron chi connectivity index (χ2n) is 6.81. The van der Waals surface area contributed by atoms with E-state index >= 15 is 0 Å². The number of carbonyl (C=O) groups is 1. The Hall–Kier alpha value is -2.90. The number of amides is 1. The highest BCUT2D eigenvalue weighted by atomic mass is 35.5. The van der Waals surface area contributed by atoms with Gasteiger partial charge in [0, 0.05) is 11.2 Å². The number of aromatic nitrogens is 1. The molecule has 0 aliphatic heterocycles. The summed E-state index contributed by atoms with van der Waals surface area (Å²) >= 11 is 6.22. The summed E-state index contributed by atoms with van der Waals surface area (Å²) in [5.41, 5.74) is 2.55. The van der Waals surface area contributed by atoms with Crippen LogP contribution in [-0.4, -0.2) is 25.9 Å². The standard InChI is InChI=1S/C22H22ClN3O3S/c1-16-9-11-19(12-10-16)30(28,29)26(21-8-5-7-20(23)17(21)2)15-22(27)25-14-18-6-3-4-13-24-18/h3-13H,14-15H2,1-2H3,(H,25,27). The number of pyridine rings is 1. The Balaban J connectivity index is 1.92. The van der Waals surface area contributed by atoms with E-state index in [9.17, 15) is 13.2 Å². The number of aryl methyl sites for hydroxylation is 1. The molecule has 2 aromatic carbocycles. The van der Waals surface area contributed by atoms with Crippen LogP contribution in [0.3, 0.4) is 0 Å². The van der Waals surface area contributed by atoms with Crippen molar-refractivity contribution >= 4 is 33.2 Å². The van der Waals surface area contributed by atoms with Crippen LogP contribution in [0.4, 0.5) is 5.69 Å². The number of halogens is 1. The molecule has 3 rings (SSSR count). The second-order valence-corrected chi connectivity index (χ2v) is 9.08. The van der Waals surface area contributed by atoms with Crippen LogP contribution < -0.4 is 9.62 Å². The molecule has 0 aliphatic rings. The molecule has 0 saturated carbocycles. The summed E-state index contributed by atoms with van der Waals surface area (Å²) in [6.07, 6.45) is 1.63. The normalized spacial score (nSPS) is 11.2. The van der Waals surface area contributed by atoms with E-state index in [-0.39, 0.29) is 18.0 Å². The minimum atomic E-state index is -3.99. The van der Waals surface area contributed by atoms with Crippen LogP contribution in [0.1, 0.15) is 16.8 Å². The van der Waals surface area contributed by atoms with Gasteiger partial charge in [0.2, 0.25) is 5.91 Å². The molecule has 8 heteroatoms. The van der Waals surface area contributed by atoms with Crippen LogP contribution in [0.5, 0.6) is 0 Å². The lowest BCUT2D eigenvalue weighted by Gasteiger charge is -2.26. The Morgan fingerprint density at radius 1 is 1.03 bits per heavy atom. The summed E-state index contributed by atoms with van der Waals surface area (Å²) in [5.74, 6) is -0.448. The Morgan fingerprint density at radius 2 is 1.77 bits per heavy atom. The lowest BCUT2D eigenvalue weighted by Crippen LogP contribution is -2.41. The predicted octanol–water partition coefficient (Wildman–Crippen LogP) is 3.86. The molecule has 1 N–H and O–H groups in total. The van der Waals surface area contributed by atoms with E-state index in [1.807, 2.05) is 13.0 Å². The van der Waals surface area contributed by atoms with Gasteiger partial charge in [-0.3, -0.25) is 14.1 Å². The Labute approximate surface area is 181 Å². The zero-order valence-electron chi connectivity index (χ0n) is 16.7. The van der Waals surface area contributed by atoms with Crippen LogP contribution in [0.2, 0.25) is 5.02 Å². The van der Waals surface area contributed by atoms with E-state index in [2.05, 4.69) is 10.3 Å². The van der Waals surface area contributed by atoms with Gasteiger partial charge in [0.15, 0.2) is 0 Å². The van der Waals surface area contributed by atoms with Crippen molar-refractivity contribution in [3.8, 4) is 0 Å². The maximum Gasteiger partial charge on any atom is 0.264 e. The fraction of sp³-hybridized carbons (Fsp3) is 0.182. The number of hydrogen-bond donors (Lipinski definition) is 1. The Morgan fingerprint density at radius 3 is 2.43 bits per heavy atom. The van der Waals surface area contributed by atoms with Gasteiger partial charge >= 0.3 is 0 Å².